The zero-order valence-corrected chi connectivity index (χ0v) is 13.5. The van der Waals surface area contributed by atoms with Gasteiger partial charge < -0.3 is 9.73 Å². The lowest BCUT2D eigenvalue weighted by atomic mass is 10.1. The molecule has 0 amide bonds. The average molecular weight is 377 g/mol. The number of furan rings is 1. The molecule has 20 heavy (non-hydrogen) atoms. The summed E-state index contributed by atoms with van der Waals surface area (Å²) in [5.74, 6) is 1.07. The molecule has 3 aromatic rings. The Morgan fingerprint density at radius 2 is 1.80 bits per heavy atom. The predicted molar refractivity (Wildman–Crippen MR) is 92.1 cm³/mol. The summed E-state index contributed by atoms with van der Waals surface area (Å²) in [6, 6.07) is 16.6. The van der Waals surface area contributed by atoms with Crippen LogP contribution in [0, 0.1) is 3.57 Å². The molecule has 0 saturated heterocycles. The van der Waals surface area contributed by atoms with E-state index in [0.717, 1.165) is 24.3 Å². The van der Waals surface area contributed by atoms with Crippen molar-refractivity contribution in [2.24, 2.45) is 0 Å². The van der Waals surface area contributed by atoms with Crippen LogP contribution in [0.4, 0.5) is 5.69 Å². The molecule has 3 rings (SSSR count). The predicted octanol–water partition coefficient (Wildman–Crippen LogP) is 5.21. The van der Waals surface area contributed by atoms with Crippen LogP contribution in [0.2, 0.25) is 0 Å². The molecule has 0 fully saturated rings. The minimum Gasteiger partial charge on any atom is -0.461 e. The molecule has 0 atom stereocenters. The zero-order chi connectivity index (χ0) is 13.9. The van der Waals surface area contributed by atoms with Crippen molar-refractivity contribution in [3.63, 3.8) is 0 Å². The van der Waals surface area contributed by atoms with Crippen LogP contribution in [0.25, 0.3) is 11.0 Å². The van der Waals surface area contributed by atoms with Gasteiger partial charge in [0.05, 0.1) is 0 Å². The molecule has 1 N–H and O–H groups in total. The van der Waals surface area contributed by atoms with Gasteiger partial charge >= 0.3 is 0 Å². The summed E-state index contributed by atoms with van der Waals surface area (Å²) in [4.78, 5) is 0. The van der Waals surface area contributed by atoms with E-state index in [-0.39, 0.29) is 0 Å². The fraction of sp³-hybridized carbons (Fsp3) is 0.176. The van der Waals surface area contributed by atoms with Gasteiger partial charge in [-0.2, -0.15) is 0 Å². The first-order valence-electron chi connectivity index (χ1n) is 6.77. The van der Waals surface area contributed by atoms with Crippen molar-refractivity contribution in [2.45, 2.75) is 19.9 Å². The SMILES string of the molecule is CCc1oc2ccccc2c1CNc1ccccc1I. The zero-order valence-electron chi connectivity index (χ0n) is 11.3. The Morgan fingerprint density at radius 1 is 1.05 bits per heavy atom. The van der Waals surface area contributed by atoms with E-state index >= 15 is 0 Å². The summed E-state index contributed by atoms with van der Waals surface area (Å²) in [6.45, 7) is 2.92. The number of halogens is 1. The van der Waals surface area contributed by atoms with E-state index < -0.39 is 0 Å². The smallest absolute Gasteiger partial charge is 0.134 e. The number of fused-ring (bicyclic) bond motifs is 1. The Bertz CT molecular complexity index is 733. The molecular formula is C17H16INO. The van der Waals surface area contributed by atoms with E-state index in [9.17, 15) is 0 Å². The Kier molecular flexibility index (Phi) is 3.96. The fourth-order valence-corrected chi connectivity index (χ4v) is 3.00. The maximum Gasteiger partial charge on any atom is 0.134 e. The van der Waals surface area contributed by atoms with Crippen LogP contribution in [0.15, 0.2) is 52.9 Å². The van der Waals surface area contributed by atoms with Crippen LogP contribution in [0.3, 0.4) is 0 Å². The lowest BCUT2D eigenvalue weighted by molar-refractivity contribution is 0.551. The quantitative estimate of drug-likeness (QED) is 0.632. The Morgan fingerprint density at radius 3 is 2.60 bits per heavy atom. The van der Waals surface area contributed by atoms with Crippen LogP contribution < -0.4 is 5.32 Å². The number of aryl methyl sites for hydroxylation is 1. The number of para-hydroxylation sites is 2. The third-order valence-corrected chi connectivity index (χ3v) is 4.37. The Labute approximate surface area is 132 Å². The van der Waals surface area contributed by atoms with Gasteiger partial charge in [-0.05, 0) is 40.8 Å². The number of nitrogens with one attached hydrogen (secondary N) is 1. The van der Waals surface area contributed by atoms with E-state index in [1.807, 2.05) is 12.1 Å². The second-order valence-electron chi connectivity index (χ2n) is 4.69. The highest BCUT2D eigenvalue weighted by atomic mass is 127. The molecular weight excluding hydrogens is 361 g/mol. The minimum absolute atomic E-state index is 0.792. The molecule has 102 valence electrons. The van der Waals surface area contributed by atoms with Gasteiger partial charge in [-0.3, -0.25) is 0 Å². The monoisotopic (exact) mass is 377 g/mol. The lowest BCUT2D eigenvalue weighted by Gasteiger charge is -2.08. The molecule has 0 unspecified atom stereocenters. The maximum atomic E-state index is 5.93. The number of anilines is 1. The number of rotatable bonds is 4. The molecule has 0 spiro atoms. The van der Waals surface area contributed by atoms with E-state index in [0.29, 0.717) is 0 Å². The molecule has 2 aromatic carbocycles. The second kappa shape index (κ2) is 5.87. The minimum atomic E-state index is 0.792. The number of hydrogen-bond donors (Lipinski definition) is 1. The summed E-state index contributed by atoms with van der Waals surface area (Å²) >= 11 is 2.35. The molecule has 1 heterocycles. The van der Waals surface area contributed by atoms with Gasteiger partial charge in [0.15, 0.2) is 0 Å². The van der Waals surface area contributed by atoms with Gasteiger partial charge in [-0.25, -0.2) is 0 Å². The molecule has 0 aliphatic carbocycles. The molecule has 0 radical (unpaired) electrons. The summed E-state index contributed by atoms with van der Waals surface area (Å²) in [5.41, 5.74) is 3.41. The normalized spacial score (nSPS) is 10.9. The van der Waals surface area contributed by atoms with Crippen molar-refractivity contribution < 1.29 is 4.42 Å². The highest BCUT2D eigenvalue weighted by molar-refractivity contribution is 14.1. The van der Waals surface area contributed by atoms with E-state index in [1.165, 1.54) is 20.2 Å². The first kappa shape index (κ1) is 13.5. The maximum absolute atomic E-state index is 5.93. The van der Waals surface area contributed by atoms with Gasteiger partial charge in [-0.15, -0.1) is 0 Å². The number of benzene rings is 2. The lowest BCUT2D eigenvalue weighted by Crippen LogP contribution is -2.02. The third-order valence-electron chi connectivity index (χ3n) is 3.43. The van der Waals surface area contributed by atoms with E-state index in [4.69, 9.17) is 4.42 Å². The van der Waals surface area contributed by atoms with Crippen LogP contribution in [0.1, 0.15) is 18.2 Å². The largest absolute Gasteiger partial charge is 0.461 e. The van der Waals surface area contributed by atoms with Crippen LogP contribution in [0.5, 0.6) is 0 Å². The topological polar surface area (TPSA) is 25.2 Å². The molecule has 1 aromatic heterocycles. The average Bonchev–Trinajstić information content (AvgIpc) is 2.84. The molecule has 2 nitrogen and oxygen atoms in total. The Hall–Kier alpha value is -1.49. The van der Waals surface area contributed by atoms with Gasteiger partial charge in [-0.1, -0.05) is 37.3 Å². The van der Waals surface area contributed by atoms with Gasteiger partial charge in [0.1, 0.15) is 11.3 Å². The van der Waals surface area contributed by atoms with Crippen LogP contribution >= 0.6 is 22.6 Å². The van der Waals surface area contributed by atoms with Crippen molar-refractivity contribution in [1.82, 2.24) is 0 Å². The van der Waals surface area contributed by atoms with Crippen molar-refractivity contribution in [1.29, 1.82) is 0 Å². The first-order chi connectivity index (χ1) is 9.79. The summed E-state index contributed by atoms with van der Waals surface area (Å²) < 4.78 is 7.16. The molecule has 0 aliphatic heterocycles. The standard InChI is InChI=1S/C17H16INO/c1-2-16-13(12-7-3-6-10-17(12)20-16)11-19-15-9-5-4-8-14(15)18/h3-10,19H,2,11H2,1H3. The van der Waals surface area contributed by atoms with Crippen molar-refractivity contribution in [3.05, 3.63) is 63.4 Å². The summed E-state index contributed by atoms with van der Waals surface area (Å²) in [5, 5.41) is 4.73. The van der Waals surface area contributed by atoms with Gasteiger partial charge in [0.25, 0.3) is 0 Å². The van der Waals surface area contributed by atoms with Crippen molar-refractivity contribution in [2.75, 3.05) is 5.32 Å². The van der Waals surface area contributed by atoms with Crippen LogP contribution in [-0.2, 0) is 13.0 Å². The molecule has 0 aliphatic rings. The first-order valence-corrected chi connectivity index (χ1v) is 7.85. The second-order valence-corrected chi connectivity index (χ2v) is 5.85. The molecule has 3 heteroatoms. The van der Waals surface area contributed by atoms with Crippen molar-refractivity contribution >= 4 is 39.2 Å². The summed E-state index contributed by atoms with van der Waals surface area (Å²) in [6.07, 6.45) is 0.914. The molecule has 0 saturated carbocycles. The number of hydrogen-bond acceptors (Lipinski definition) is 2. The third kappa shape index (κ3) is 2.54. The van der Waals surface area contributed by atoms with Gasteiger partial charge in [0, 0.05) is 33.2 Å². The molecule has 0 bridgehead atoms. The Balaban J connectivity index is 1.92. The van der Waals surface area contributed by atoms with E-state index in [1.54, 1.807) is 0 Å². The highest BCUT2D eigenvalue weighted by Crippen LogP contribution is 2.27. The fourth-order valence-electron chi connectivity index (χ4n) is 2.42. The van der Waals surface area contributed by atoms with Gasteiger partial charge in [0.2, 0.25) is 0 Å². The highest BCUT2D eigenvalue weighted by Gasteiger charge is 2.12. The van der Waals surface area contributed by atoms with Crippen molar-refractivity contribution in [3.8, 4) is 0 Å². The summed E-state index contributed by atoms with van der Waals surface area (Å²) in [7, 11) is 0. The van der Waals surface area contributed by atoms with Crippen LogP contribution in [-0.4, -0.2) is 0 Å². The van der Waals surface area contributed by atoms with E-state index in [2.05, 4.69) is 71.2 Å².